The molecule has 2 aromatic rings. The molecule has 2 aromatic carbocycles. The van der Waals surface area contributed by atoms with E-state index >= 15 is 0 Å². The number of amides is 1. The molecule has 0 spiro atoms. The number of carbonyl (C=O) groups excluding carboxylic acids is 1. The lowest BCUT2D eigenvalue weighted by molar-refractivity contribution is -0.114. The van der Waals surface area contributed by atoms with Crippen molar-refractivity contribution in [3.8, 4) is 0 Å². The first-order valence-corrected chi connectivity index (χ1v) is 8.67. The first kappa shape index (κ1) is 16.4. The Labute approximate surface area is 126 Å². The van der Waals surface area contributed by atoms with Crippen LogP contribution < -0.4 is 5.32 Å². The van der Waals surface area contributed by atoms with Crippen molar-refractivity contribution in [1.29, 1.82) is 0 Å². The third-order valence-corrected chi connectivity index (χ3v) is 4.56. The Morgan fingerprint density at radius 2 is 1.64 bits per heavy atom. The van der Waals surface area contributed by atoms with Crippen molar-refractivity contribution in [2.45, 2.75) is 16.7 Å². The molecule has 0 heterocycles. The van der Waals surface area contributed by atoms with E-state index in [1.54, 1.807) is 0 Å². The summed E-state index contributed by atoms with van der Waals surface area (Å²) in [6.07, 6.45) is 0. The van der Waals surface area contributed by atoms with E-state index in [0.717, 1.165) is 18.2 Å². The van der Waals surface area contributed by atoms with Crippen molar-refractivity contribution < 1.29 is 30.7 Å². The summed E-state index contributed by atoms with van der Waals surface area (Å²) in [5.41, 5.74) is -0.0110. The standard InChI is InChI=1S/C12H11NO7S2/c1-7(14)13-11-6-8(21(15,16)17)5-10-9(11)3-2-4-12(10)22(18,19)20/h2-6H,1H3,(H,13,14)(H,15,16,17)(H,18,19,20). The van der Waals surface area contributed by atoms with Gasteiger partial charge in [-0.3, -0.25) is 13.9 Å². The molecule has 10 heteroatoms. The quantitative estimate of drug-likeness (QED) is 0.713. The highest BCUT2D eigenvalue weighted by Crippen LogP contribution is 2.32. The Bertz CT molecular complexity index is 978. The van der Waals surface area contributed by atoms with Crippen molar-refractivity contribution in [3.63, 3.8) is 0 Å². The molecule has 0 aliphatic rings. The van der Waals surface area contributed by atoms with Gasteiger partial charge in [0.05, 0.1) is 4.90 Å². The van der Waals surface area contributed by atoms with Gasteiger partial charge in [-0.2, -0.15) is 16.8 Å². The molecule has 118 valence electrons. The third-order valence-electron chi connectivity index (χ3n) is 2.82. The van der Waals surface area contributed by atoms with Crippen LogP contribution in [-0.2, 0) is 25.0 Å². The lowest BCUT2D eigenvalue weighted by Crippen LogP contribution is -2.09. The minimum absolute atomic E-state index is 0.0110. The highest BCUT2D eigenvalue weighted by Gasteiger charge is 2.20. The van der Waals surface area contributed by atoms with Crippen molar-refractivity contribution in [1.82, 2.24) is 0 Å². The van der Waals surface area contributed by atoms with Gasteiger partial charge in [0.2, 0.25) is 5.91 Å². The van der Waals surface area contributed by atoms with E-state index in [0.29, 0.717) is 0 Å². The highest BCUT2D eigenvalue weighted by molar-refractivity contribution is 7.86. The number of nitrogens with one attached hydrogen (secondary N) is 1. The summed E-state index contributed by atoms with van der Waals surface area (Å²) in [6, 6.07) is 5.72. The van der Waals surface area contributed by atoms with Crippen LogP contribution in [0.2, 0.25) is 0 Å². The zero-order valence-electron chi connectivity index (χ0n) is 11.1. The van der Waals surface area contributed by atoms with Crippen LogP contribution in [0.15, 0.2) is 40.1 Å². The van der Waals surface area contributed by atoms with E-state index in [2.05, 4.69) is 5.32 Å². The monoisotopic (exact) mass is 345 g/mol. The zero-order valence-corrected chi connectivity index (χ0v) is 12.8. The molecule has 8 nitrogen and oxygen atoms in total. The molecule has 0 radical (unpaired) electrons. The second-order valence-electron chi connectivity index (χ2n) is 4.45. The van der Waals surface area contributed by atoms with Crippen LogP contribution in [0.1, 0.15) is 6.92 Å². The third kappa shape index (κ3) is 3.25. The zero-order chi connectivity index (χ0) is 16.7. The van der Waals surface area contributed by atoms with Crippen LogP contribution in [0, 0.1) is 0 Å². The van der Waals surface area contributed by atoms with Crippen molar-refractivity contribution in [2.24, 2.45) is 0 Å². The van der Waals surface area contributed by atoms with E-state index < -0.39 is 35.9 Å². The number of rotatable bonds is 3. The summed E-state index contributed by atoms with van der Waals surface area (Å²) in [6.45, 7) is 1.18. The Hall–Kier alpha value is -2.01. The highest BCUT2D eigenvalue weighted by atomic mass is 32.2. The fraction of sp³-hybridized carbons (Fsp3) is 0.0833. The van der Waals surface area contributed by atoms with Crippen LogP contribution >= 0.6 is 0 Å². The Kier molecular flexibility index (Phi) is 3.96. The first-order chi connectivity index (χ1) is 10.00. The maximum atomic E-state index is 11.4. The molecular weight excluding hydrogens is 334 g/mol. The molecule has 0 aromatic heterocycles. The van der Waals surface area contributed by atoms with Crippen LogP contribution in [0.25, 0.3) is 10.8 Å². The topological polar surface area (TPSA) is 138 Å². The Morgan fingerprint density at radius 1 is 1.00 bits per heavy atom. The largest absolute Gasteiger partial charge is 0.326 e. The fourth-order valence-electron chi connectivity index (χ4n) is 2.00. The van der Waals surface area contributed by atoms with Gasteiger partial charge in [-0.25, -0.2) is 0 Å². The van der Waals surface area contributed by atoms with Gasteiger partial charge in [0.15, 0.2) is 0 Å². The van der Waals surface area contributed by atoms with Gasteiger partial charge in [-0.15, -0.1) is 0 Å². The van der Waals surface area contributed by atoms with Crippen LogP contribution in [0.5, 0.6) is 0 Å². The lowest BCUT2D eigenvalue weighted by Gasteiger charge is -2.11. The molecule has 0 aliphatic carbocycles. The summed E-state index contributed by atoms with van der Waals surface area (Å²) in [5.74, 6) is -0.522. The first-order valence-electron chi connectivity index (χ1n) is 5.79. The molecule has 0 bridgehead atoms. The second-order valence-corrected chi connectivity index (χ2v) is 7.26. The Morgan fingerprint density at radius 3 is 2.14 bits per heavy atom. The molecule has 3 N–H and O–H groups in total. The maximum Gasteiger partial charge on any atom is 0.295 e. The maximum absolute atomic E-state index is 11.4. The smallest absolute Gasteiger partial charge is 0.295 e. The molecule has 0 saturated carbocycles. The summed E-state index contributed by atoms with van der Waals surface area (Å²) in [5, 5.41) is 2.39. The SMILES string of the molecule is CC(=O)Nc1cc(S(=O)(=O)O)cc2c(S(=O)(=O)O)cccc12. The summed E-state index contributed by atoms with van der Waals surface area (Å²) < 4.78 is 63.8. The molecule has 22 heavy (non-hydrogen) atoms. The van der Waals surface area contributed by atoms with E-state index in [1.165, 1.54) is 19.1 Å². The molecular formula is C12H11NO7S2. The van der Waals surface area contributed by atoms with Gasteiger partial charge in [-0.05, 0) is 18.2 Å². The number of hydrogen-bond acceptors (Lipinski definition) is 5. The van der Waals surface area contributed by atoms with E-state index in [-0.39, 0.29) is 16.5 Å². The predicted molar refractivity (Wildman–Crippen MR) is 77.9 cm³/mol. The van der Waals surface area contributed by atoms with Gasteiger partial charge in [-0.1, -0.05) is 12.1 Å². The minimum Gasteiger partial charge on any atom is -0.326 e. The number of anilines is 1. The molecule has 0 fully saturated rings. The van der Waals surface area contributed by atoms with Crippen molar-refractivity contribution >= 4 is 42.6 Å². The molecule has 0 saturated heterocycles. The van der Waals surface area contributed by atoms with Crippen LogP contribution in [-0.4, -0.2) is 31.8 Å². The number of hydrogen-bond donors (Lipinski definition) is 3. The summed E-state index contributed by atoms with van der Waals surface area (Å²) >= 11 is 0. The second kappa shape index (κ2) is 5.32. The Balaban J connectivity index is 2.98. The van der Waals surface area contributed by atoms with Gasteiger partial charge < -0.3 is 5.32 Å². The van der Waals surface area contributed by atoms with E-state index in [1.807, 2.05) is 0 Å². The lowest BCUT2D eigenvalue weighted by atomic mass is 10.1. The minimum atomic E-state index is -4.64. The number of carbonyl (C=O) groups is 1. The predicted octanol–water partition coefficient (Wildman–Crippen LogP) is 1.29. The number of benzene rings is 2. The van der Waals surface area contributed by atoms with Crippen molar-refractivity contribution in [3.05, 3.63) is 30.3 Å². The van der Waals surface area contributed by atoms with Crippen molar-refractivity contribution in [2.75, 3.05) is 5.32 Å². The van der Waals surface area contributed by atoms with Gasteiger partial charge in [0.1, 0.15) is 4.90 Å². The number of fused-ring (bicyclic) bond motifs is 1. The van der Waals surface area contributed by atoms with Crippen LogP contribution in [0.4, 0.5) is 5.69 Å². The molecule has 1 amide bonds. The van der Waals surface area contributed by atoms with Gasteiger partial charge >= 0.3 is 0 Å². The molecule has 2 rings (SSSR count). The van der Waals surface area contributed by atoms with E-state index in [4.69, 9.17) is 4.55 Å². The normalized spacial score (nSPS) is 12.3. The van der Waals surface area contributed by atoms with Gasteiger partial charge in [0.25, 0.3) is 20.2 Å². The van der Waals surface area contributed by atoms with Gasteiger partial charge in [0, 0.05) is 23.4 Å². The fourth-order valence-corrected chi connectivity index (χ4v) is 3.23. The average Bonchev–Trinajstić information content (AvgIpc) is 2.34. The summed E-state index contributed by atoms with van der Waals surface area (Å²) in [7, 11) is -9.27. The summed E-state index contributed by atoms with van der Waals surface area (Å²) in [4.78, 5) is 10.1. The van der Waals surface area contributed by atoms with Crippen LogP contribution in [0.3, 0.4) is 0 Å². The molecule has 0 atom stereocenters. The average molecular weight is 345 g/mol. The van der Waals surface area contributed by atoms with E-state index in [9.17, 15) is 26.2 Å². The molecule has 0 unspecified atom stereocenters. The molecule has 0 aliphatic heterocycles.